The van der Waals surface area contributed by atoms with Gasteiger partial charge in [0, 0.05) is 37.0 Å². The normalized spacial score (nSPS) is 22.7. The van der Waals surface area contributed by atoms with Gasteiger partial charge >= 0.3 is 0 Å². The number of unbranched alkanes of at least 4 members (excludes halogenated alkanes) is 1. The lowest BCUT2D eigenvalue weighted by Gasteiger charge is -2.38. The highest BCUT2D eigenvalue weighted by Gasteiger charge is 2.38. The maximum atomic E-state index is 8.36. The number of methoxy groups -OCH3 is 1. The fourth-order valence-corrected chi connectivity index (χ4v) is 3.84. The number of hydrogen-bond acceptors (Lipinski definition) is 5. The first kappa shape index (κ1) is 21.6. The lowest BCUT2D eigenvalue weighted by atomic mass is 10.1. The number of aryl methyl sites for hydroxylation is 1. The maximum absolute atomic E-state index is 8.36. The molecule has 2 atom stereocenters. The summed E-state index contributed by atoms with van der Waals surface area (Å²) in [5.74, 6) is 1.77. The van der Waals surface area contributed by atoms with E-state index in [2.05, 4.69) is 25.7 Å². The minimum atomic E-state index is -0.250. The number of hydrogen-bond donors (Lipinski definition) is 1. The van der Waals surface area contributed by atoms with Crippen molar-refractivity contribution in [3.8, 4) is 5.75 Å². The Hall–Kier alpha value is -1.66. The molecule has 1 aromatic heterocycles. The predicted molar refractivity (Wildman–Crippen MR) is 105 cm³/mol. The highest BCUT2D eigenvalue weighted by molar-refractivity contribution is 5.41. The molecule has 1 aliphatic heterocycles. The quantitative estimate of drug-likeness (QED) is 0.731. The van der Waals surface area contributed by atoms with Gasteiger partial charge in [0.25, 0.3) is 6.47 Å². The zero-order valence-electron chi connectivity index (χ0n) is 17.1. The SMILES string of the molecule is CCCC[C@@H]1CN(Cc2ncc(C)c(OC)c2C)C[C@H](C2CC2)O1.O=CO. The van der Waals surface area contributed by atoms with Crippen molar-refractivity contribution in [2.75, 3.05) is 20.2 Å². The second kappa shape index (κ2) is 10.6. The molecule has 2 fully saturated rings. The molecule has 0 aromatic carbocycles. The van der Waals surface area contributed by atoms with Gasteiger partial charge in [0.1, 0.15) is 5.75 Å². The largest absolute Gasteiger partial charge is 0.496 e. The zero-order valence-corrected chi connectivity index (χ0v) is 17.1. The van der Waals surface area contributed by atoms with E-state index in [1.165, 1.54) is 37.7 Å². The fraction of sp³-hybridized carbons (Fsp3) is 0.714. The summed E-state index contributed by atoms with van der Waals surface area (Å²) in [4.78, 5) is 15.6. The number of ether oxygens (including phenoxy) is 2. The molecule has 1 saturated heterocycles. The zero-order chi connectivity index (χ0) is 19.8. The predicted octanol–water partition coefficient (Wildman–Crippen LogP) is 3.58. The van der Waals surface area contributed by atoms with E-state index in [9.17, 15) is 0 Å². The lowest BCUT2D eigenvalue weighted by molar-refractivity contribution is -0.122. The molecule has 2 heterocycles. The molecule has 27 heavy (non-hydrogen) atoms. The van der Waals surface area contributed by atoms with E-state index in [4.69, 9.17) is 24.4 Å². The summed E-state index contributed by atoms with van der Waals surface area (Å²) in [7, 11) is 1.75. The van der Waals surface area contributed by atoms with E-state index in [-0.39, 0.29) is 6.47 Å². The van der Waals surface area contributed by atoms with Gasteiger partial charge in [-0.3, -0.25) is 14.7 Å². The molecule has 0 bridgehead atoms. The molecular formula is C21H34N2O4. The van der Waals surface area contributed by atoms with Crippen LogP contribution in [-0.2, 0) is 16.1 Å². The Kier molecular flexibility index (Phi) is 8.51. The molecular weight excluding hydrogens is 344 g/mol. The van der Waals surface area contributed by atoms with E-state index in [0.717, 1.165) is 42.6 Å². The summed E-state index contributed by atoms with van der Waals surface area (Å²) in [6.45, 7) is 9.16. The summed E-state index contributed by atoms with van der Waals surface area (Å²) < 4.78 is 12.0. The van der Waals surface area contributed by atoms with E-state index in [1.54, 1.807) is 7.11 Å². The van der Waals surface area contributed by atoms with Crippen LogP contribution in [0, 0.1) is 19.8 Å². The van der Waals surface area contributed by atoms with Crippen LogP contribution in [0.1, 0.15) is 55.8 Å². The van der Waals surface area contributed by atoms with Crippen LogP contribution >= 0.6 is 0 Å². The van der Waals surface area contributed by atoms with Gasteiger partial charge in [-0.1, -0.05) is 19.8 Å². The molecule has 1 N–H and O–H groups in total. The highest BCUT2D eigenvalue weighted by Crippen LogP contribution is 2.37. The number of nitrogens with zero attached hydrogens (tertiary/aromatic N) is 2. The van der Waals surface area contributed by atoms with Gasteiger partial charge in [0.15, 0.2) is 0 Å². The highest BCUT2D eigenvalue weighted by atomic mass is 16.5. The third-order valence-electron chi connectivity index (χ3n) is 5.42. The first-order valence-corrected chi connectivity index (χ1v) is 9.98. The molecule has 152 valence electrons. The summed E-state index contributed by atoms with van der Waals surface area (Å²) in [5.41, 5.74) is 3.43. The molecule has 1 aromatic rings. The van der Waals surface area contributed by atoms with Gasteiger partial charge in [-0.2, -0.15) is 0 Å². The van der Waals surface area contributed by atoms with Crippen LogP contribution in [0.5, 0.6) is 5.75 Å². The van der Waals surface area contributed by atoms with Crippen LogP contribution in [0.4, 0.5) is 0 Å². The molecule has 0 spiro atoms. The summed E-state index contributed by atoms with van der Waals surface area (Å²) in [6.07, 6.45) is 9.11. The van der Waals surface area contributed by atoms with Crippen LogP contribution in [0.15, 0.2) is 6.20 Å². The van der Waals surface area contributed by atoms with Crippen LogP contribution in [0.2, 0.25) is 0 Å². The van der Waals surface area contributed by atoms with E-state index in [0.29, 0.717) is 12.2 Å². The smallest absolute Gasteiger partial charge is 0.290 e. The third-order valence-corrected chi connectivity index (χ3v) is 5.42. The summed E-state index contributed by atoms with van der Waals surface area (Å²) >= 11 is 0. The Bertz CT molecular complexity index is 604. The van der Waals surface area contributed by atoms with Crippen LogP contribution in [0.25, 0.3) is 0 Å². The second-order valence-electron chi connectivity index (χ2n) is 7.62. The van der Waals surface area contributed by atoms with Crippen LogP contribution in [0.3, 0.4) is 0 Å². The van der Waals surface area contributed by atoms with Gasteiger partial charge in [0.05, 0.1) is 25.0 Å². The van der Waals surface area contributed by atoms with Crippen LogP contribution < -0.4 is 4.74 Å². The van der Waals surface area contributed by atoms with Crippen molar-refractivity contribution < 1.29 is 19.4 Å². The van der Waals surface area contributed by atoms with E-state index < -0.39 is 0 Å². The molecule has 0 unspecified atom stereocenters. The van der Waals surface area contributed by atoms with Crippen molar-refractivity contribution in [2.45, 2.75) is 71.6 Å². The van der Waals surface area contributed by atoms with Crippen molar-refractivity contribution in [1.82, 2.24) is 9.88 Å². The van der Waals surface area contributed by atoms with Gasteiger partial charge < -0.3 is 14.6 Å². The minimum absolute atomic E-state index is 0.250. The van der Waals surface area contributed by atoms with Crippen molar-refractivity contribution in [2.24, 2.45) is 5.92 Å². The van der Waals surface area contributed by atoms with Crippen molar-refractivity contribution >= 4 is 6.47 Å². The Morgan fingerprint density at radius 1 is 1.37 bits per heavy atom. The lowest BCUT2D eigenvalue weighted by Crippen LogP contribution is -2.48. The summed E-state index contributed by atoms with van der Waals surface area (Å²) in [6, 6.07) is 0. The molecule has 6 nitrogen and oxygen atoms in total. The summed E-state index contributed by atoms with van der Waals surface area (Å²) in [5, 5.41) is 6.89. The number of carbonyl (C=O) groups is 1. The maximum Gasteiger partial charge on any atom is 0.290 e. The first-order chi connectivity index (χ1) is 13.0. The monoisotopic (exact) mass is 378 g/mol. The molecule has 2 aliphatic rings. The average molecular weight is 379 g/mol. The van der Waals surface area contributed by atoms with Crippen molar-refractivity contribution in [1.29, 1.82) is 0 Å². The number of morpholine rings is 1. The van der Waals surface area contributed by atoms with E-state index in [1.807, 2.05) is 6.20 Å². The van der Waals surface area contributed by atoms with Gasteiger partial charge in [-0.25, -0.2) is 0 Å². The Morgan fingerprint density at radius 3 is 2.67 bits per heavy atom. The topological polar surface area (TPSA) is 71.9 Å². The Balaban J connectivity index is 0.000000817. The molecule has 0 amide bonds. The standard InChI is InChI=1S/C20H32N2O2.CH2O2/c1-5-6-7-17-11-22(13-19(24-17)16-8-9-16)12-18-15(3)20(23-4)14(2)10-21-18;2-1-3/h10,16-17,19H,5-9,11-13H2,1-4H3;1H,(H,2,3)/t17-,19-;/m1./s1. The second-order valence-corrected chi connectivity index (χ2v) is 7.62. The van der Waals surface area contributed by atoms with Gasteiger partial charge in [0.2, 0.25) is 0 Å². The molecule has 6 heteroatoms. The molecule has 0 radical (unpaired) electrons. The van der Waals surface area contributed by atoms with E-state index >= 15 is 0 Å². The van der Waals surface area contributed by atoms with Crippen molar-refractivity contribution in [3.05, 3.63) is 23.0 Å². The molecule has 3 rings (SSSR count). The Labute approximate surface area is 162 Å². The fourth-order valence-electron chi connectivity index (χ4n) is 3.84. The van der Waals surface area contributed by atoms with Gasteiger partial charge in [-0.05, 0) is 39.0 Å². The van der Waals surface area contributed by atoms with Crippen LogP contribution in [-0.4, -0.2) is 53.9 Å². The number of rotatable bonds is 7. The minimum Gasteiger partial charge on any atom is -0.496 e. The molecule has 1 aliphatic carbocycles. The number of pyridine rings is 1. The number of aromatic nitrogens is 1. The third kappa shape index (κ3) is 6.18. The average Bonchev–Trinajstić information content (AvgIpc) is 3.49. The van der Waals surface area contributed by atoms with Gasteiger partial charge in [-0.15, -0.1) is 0 Å². The van der Waals surface area contributed by atoms with Crippen molar-refractivity contribution in [3.63, 3.8) is 0 Å². The Morgan fingerprint density at radius 2 is 2.07 bits per heavy atom. The molecule has 1 saturated carbocycles. The first-order valence-electron chi connectivity index (χ1n) is 9.98. The number of carboxylic acid groups (broad SMARTS) is 1.